The van der Waals surface area contributed by atoms with Gasteiger partial charge in [0.05, 0.1) is 18.9 Å². The van der Waals surface area contributed by atoms with Crippen molar-refractivity contribution >= 4 is 11.6 Å². The largest absolute Gasteiger partial charge is 0.387 e. The molecular weight excluding hydrogens is 314 g/mol. The molecule has 0 spiro atoms. The van der Waals surface area contributed by atoms with Crippen LogP contribution < -0.4 is 0 Å². The van der Waals surface area contributed by atoms with Crippen molar-refractivity contribution in [2.24, 2.45) is 7.05 Å². The Balaban J connectivity index is 1.69. The number of aliphatic hydroxyl groups excluding tert-OH is 1. The fourth-order valence-electron chi connectivity index (χ4n) is 3.04. The molecule has 2 unspecified atom stereocenters. The van der Waals surface area contributed by atoms with Crippen molar-refractivity contribution in [2.75, 3.05) is 26.2 Å². The molecule has 3 rings (SSSR count). The van der Waals surface area contributed by atoms with Crippen molar-refractivity contribution in [3.8, 4) is 0 Å². The van der Waals surface area contributed by atoms with E-state index in [1.807, 2.05) is 43.7 Å². The zero-order chi connectivity index (χ0) is 16.4. The molecule has 0 saturated carbocycles. The van der Waals surface area contributed by atoms with Crippen LogP contribution in [0, 0.1) is 0 Å². The summed E-state index contributed by atoms with van der Waals surface area (Å²) >= 11 is 6.01. The molecule has 1 aromatic heterocycles. The van der Waals surface area contributed by atoms with Crippen LogP contribution >= 0.6 is 11.6 Å². The Morgan fingerprint density at radius 2 is 2.30 bits per heavy atom. The second kappa shape index (κ2) is 6.61. The van der Waals surface area contributed by atoms with Crippen molar-refractivity contribution in [3.05, 3.63) is 52.8 Å². The smallest absolute Gasteiger partial charge is 0.106 e. The summed E-state index contributed by atoms with van der Waals surface area (Å²) < 4.78 is 7.79. The van der Waals surface area contributed by atoms with E-state index in [9.17, 15) is 5.11 Å². The third-order valence-corrected chi connectivity index (χ3v) is 4.57. The monoisotopic (exact) mass is 335 g/mol. The van der Waals surface area contributed by atoms with Crippen LogP contribution in [0.1, 0.15) is 24.2 Å². The fraction of sp³-hybridized carbons (Fsp3) is 0.471. The number of halogens is 1. The molecule has 0 aliphatic carbocycles. The number of benzene rings is 1. The SMILES string of the molecule is Cn1cc(C2(C)CN(CC(O)c3cccc(Cl)c3)CCO2)cn1. The highest BCUT2D eigenvalue weighted by Gasteiger charge is 2.35. The number of aliphatic hydroxyl groups is 1. The van der Waals surface area contributed by atoms with Crippen molar-refractivity contribution in [1.29, 1.82) is 0 Å². The Bertz CT molecular complexity index is 675. The van der Waals surface area contributed by atoms with Gasteiger partial charge in [0.2, 0.25) is 0 Å². The molecule has 2 aromatic rings. The van der Waals surface area contributed by atoms with Crippen molar-refractivity contribution in [2.45, 2.75) is 18.6 Å². The molecule has 2 heterocycles. The highest BCUT2D eigenvalue weighted by atomic mass is 35.5. The van der Waals surface area contributed by atoms with Crippen LogP contribution in [0.5, 0.6) is 0 Å². The molecule has 6 heteroatoms. The van der Waals surface area contributed by atoms with Gasteiger partial charge in [0, 0.05) is 43.5 Å². The maximum atomic E-state index is 10.5. The minimum absolute atomic E-state index is 0.402. The minimum atomic E-state index is -0.565. The van der Waals surface area contributed by atoms with Crippen molar-refractivity contribution in [3.63, 3.8) is 0 Å². The lowest BCUT2D eigenvalue weighted by molar-refractivity contribution is -0.109. The lowest BCUT2D eigenvalue weighted by atomic mass is 9.96. The molecule has 23 heavy (non-hydrogen) atoms. The quantitative estimate of drug-likeness (QED) is 0.932. The molecule has 1 aromatic carbocycles. The van der Waals surface area contributed by atoms with Gasteiger partial charge in [-0.1, -0.05) is 23.7 Å². The lowest BCUT2D eigenvalue weighted by Crippen LogP contribution is -2.49. The molecule has 0 radical (unpaired) electrons. The summed E-state index contributed by atoms with van der Waals surface area (Å²) in [5.41, 5.74) is 1.50. The number of rotatable bonds is 4. The van der Waals surface area contributed by atoms with E-state index >= 15 is 0 Å². The van der Waals surface area contributed by atoms with Crippen LogP contribution in [0.3, 0.4) is 0 Å². The molecule has 1 aliphatic rings. The van der Waals surface area contributed by atoms with E-state index in [1.54, 1.807) is 4.68 Å². The number of morpholine rings is 1. The first-order chi connectivity index (χ1) is 11.0. The molecular formula is C17H22ClN3O2. The van der Waals surface area contributed by atoms with Crippen LogP contribution in [0.4, 0.5) is 0 Å². The molecule has 1 aliphatic heterocycles. The number of nitrogens with zero attached hydrogens (tertiary/aromatic N) is 3. The van der Waals surface area contributed by atoms with E-state index in [2.05, 4.69) is 16.9 Å². The Morgan fingerprint density at radius 3 is 3.00 bits per heavy atom. The summed E-state index contributed by atoms with van der Waals surface area (Å²) in [7, 11) is 1.90. The molecule has 5 nitrogen and oxygen atoms in total. The van der Waals surface area contributed by atoms with Crippen LogP contribution in [0.15, 0.2) is 36.7 Å². The molecule has 1 N–H and O–H groups in total. The number of ether oxygens (including phenoxy) is 1. The van der Waals surface area contributed by atoms with E-state index in [0.717, 1.165) is 24.2 Å². The van der Waals surface area contributed by atoms with Gasteiger partial charge < -0.3 is 9.84 Å². The Kier molecular flexibility index (Phi) is 4.73. The normalized spacial score (nSPS) is 23.8. The summed E-state index contributed by atoms with van der Waals surface area (Å²) in [6.45, 7) is 4.78. The van der Waals surface area contributed by atoms with Crippen molar-refractivity contribution in [1.82, 2.24) is 14.7 Å². The van der Waals surface area contributed by atoms with Gasteiger partial charge in [0.15, 0.2) is 0 Å². The third kappa shape index (κ3) is 3.75. The summed E-state index contributed by atoms with van der Waals surface area (Å²) in [6.07, 6.45) is 3.26. The first-order valence-corrected chi connectivity index (χ1v) is 8.13. The summed E-state index contributed by atoms with van der Waals surface area (Å²) in [6, 6.07) is 7.39. The number of hydrogen-bond acceptors (Lipinski definition) is 4. The first-order valence-electron chi connectivity index (χ1n) is 7.75. The second-order valence-corrected chi connectivity index (χ2v) is 6.72. The van der Waals surface area contributed by atoms with Gasteiger partial charge in [-0.25, -0.2) is 0 Å². The maximum absolute atomic E-state index is 10.5. The number of aryl methyl sites for hydroxylation is 1. The van der Waals surface area contributed by atoms with E-state index < -0.39 is 11.7 Å². The second-order valence-electron chi connectivity index (χ2n) is 6.29. The van der Waals surface area contributed by atoms with Gasteiger partial charge in [-0.05, 0) is 24.6 Å². The Labute approximate surface area is 141 Å². The Morgan fingerprint density at radius 1 is 1.48 bits per heavy atom. The van der Waals surface area contributed by atoms with E-state index in [-0.39, 0.29) is 0 Å². The van der Waals surface area contributed by atoms with E-state index in [1.165, 1.54) is 0 Å². The fourth-order valence-corrected chi connectivity index (χ4v) is 3.24. The van der Waals surface area contributed by atoms with Crippen LogP contribution in [-0.2, 0) is 17.4 Å². The van der Waals surface area contributed by atoms with Gasteiger partial charge in [0.25, 0.3) is 0 Å². The predicted molar refractivity (Wildman–Crippen MR) is 89.4 cm³/mol. The zero-order valence-corrected chi connectivity index (χ0v) is 14.2. The minimum Gasteiger partial charge on any atom is -0.387 e. The number of aromatic nitrogens is 2. The van der Waals surface area contributed by atoms with Crippen LogP contribution in [0.2, 0.25) is 5.02 Å². The standard InChI is InChI=1S/C17H22ClN3O2/c1-17(14-9-19-20(2)10-14)12-21(6-7-23-17)11-16(22)13-4-3-5-15(18)8-13/h3-5,8-10,16,22H,6-7,11-12H2,1-2H3. The highest BCUT2D eigenvalue weighted by molar-refractivity contribution is 6.30. The molecule has 0 bridgehead atoms. The van der Waals surface area contributed by atoms with Crippen LogP contribution in [0.25, 0.3) is 0 Å². The van der Waals surface area contributed by atoms with Gasteiger partial charge in [-0.15, -0.1) is 0 Å². The molecule has 1 saturated heterocycles. The van der Waals surface area contributed by atoms with E-state index in [0.29, 0.717) is 18.2 Å². The van der Waals surface area contributed by atoms with Gasteiger partial charge in [-0.3, -0.25) is 9.58 Å². The molecule has 0 amide bonds. The summed E-state index contributed by atoms with van der Waals surface area (Å²) in [5.74, 6) is 0. The van der Waals surface area contributed by atoms with Gasteiger partial charge in [0.1, 0.15) is 5.60 Å². The number of hydrogen-bond donors (Lipinski definition) is 1. The summed E-state index contributed by atoms with van der Waals surface area (Å²) in [4.78, 5) is 2.22. The summed E-state index contributed by atoms with van der Waals surface area (Å²) in [5, 5.41) is 15.4. The van der Waals surface area contributed by atoms with Crippen LogP contribution in [-0.4, -0.2) is 46.0 Å². The van der Waals surface area contributed by atoms with Gasteiger partial charge in [-0.2, -0.15) is 5.10 Å². The third-order valence-electron chi connectivity index (χ3n) is 4.33. The van der Waals surface area contributed by atoms with Gasteiger partial charge >= 0.3 is 0 Å². The average Bonchev–Trinajstić information content (AvgIpc) is 2.95. The Hall–Kier alpha value is -1.40. The van der Waals surface area contributed by atoms with E-state index in [4.69, 9.17) is 16.3 Å². The molecule has 2 atom stereocenters. The zero-order valence-electron chi connectivity index (χ0n) is 13.4. The van der Waals surface area contributed by atoms with Crippen molar-refractivity contribution < 1.29 is 9.84 Å². The average molecular weight is 336 g/mol. The first kappa shape index (κ1) is 16.5. The number of β-amino-alcohol motifs (C(OH)–C–C–N with tert-alkyl or cyclic N) is 1. The molecule has 124 valence electrons. The lowest BCUT2D eigenvalue weighted by Gasteiger charge is -2.40. The maximum Gasteiger partial charge on any atom is 0.106 e. The predicted octanol–water partition coefficient (Wildman–Crippen LogP) is 2.35. The topological polar surface area (TPSA) is 50.5 Å². The highest BCUT2D eigenvalue weighted by Crippen LogP contribution is 2.30. The molecule has 1 fully saturated rings.